The first-order chi connectivity index (χ1) is 15.2. The SMILES string of the molecule is CCn1ccc(-c2nc(N3CCOCC3)c3nc(-c4ccnc(OC)c4)n(C)c3n2)n1. The van der Waals surface area contributed by atoms with E-state index in [1.807, 2.05) is 40.7 Å². The van der Waals surface area contributed by atoms with Crippen LogP contribution in [0.2, 0.25) is 0 Å². The van der Waals surface area contributed by atoms with Gasteiger partial charge in [0.2, 0.25) is 5.88 Å². The van der Waals surface area contributed by atoms with Crippen molar-refractivity contribution in [2.75, 3.05) is 38.3 Å². The molecule has 0 amide bonds. The third-order valence-corrected chi connectivity index (χ3v) is 5.41. The average Bonchev–Trinajstić information content (AvgIpc) is 3.44. The molecule has 160 valence electrons. The van der Waals surface area contributed by atoms with E-state index in [0.717, 1.165) is 53.7 Å². The van der Waals surface area contributed by atoms with Gasteiger partial charge in [0.25, 0.3) is 0 Å². The smallest absolute Gasteiger partial charge is 0.213 e. The quantitative estimate of drug-likeness (QED) is 0.485. The molecule has 0 saturated carbocycles. The second-order valence-corrected chi connectivity index (χ2v) is 7.28. The first-order valence-corrected chi connectivity index (χ1v) is 10.3. The first-order valence-electron chi connectivity index (χ1n) is 10.3. The monoisotopic (exact) mass is 420 g/mol. The molecule has 1 saturated heterocycles. The predicted molar refractivity (Wildman–Crippen MR) is 116 cm³/mol. The van der Waals surface area contributed by atoms with E-state index in [1.54, 1.807) is 13.3 Å². The number of nitrogens with zero attached hydrogens (tertiary/aromatic N) is 8. The summed E-state index contributed by atoms with van der Waals surface area (Å²) in [5.41, 5.74) is 3.15. The van der Waals surface area contributed by atoms with Crippen LogP contribution >= 0.6 is 0 Å². The number of aryl methyl sites for hydroxylation is 2. The van der Waals surface area contributed by atoms with Gasteiger partial charge in [0.1, 0.15) is 11.5 Å². The summed E-state index contributed by atoms with van der Waals surface area (Å²) in [4.78, 5) is 21.1. The lowest BCUT2D eigenvalue weighted by molar-refractivity contribution is 0.122. The Morgan fingerprint density at radius 2 is 1.97 bits per heavy atom. The number of imidazole rings is 1. The van der Waals surface area contributed by atoms with Crippen molar-refractivity contribution in [3.8, 4) is 28.8 Å². The van der Waals surface area contributed by atoms with Gasteiger partial charge < -0.3 is 18.9 Å². The van der Waals surface area contributed by atoms with Gasteiger partial charge in [0, 0.05) is 50.7 Å². The molecule has 0 spiro atoms. The summed E-state index contributed by atoms with van der Waals surface area (Å²) >= 11 is 0. The van der Waals surface area contributed by atoms with E-state index in [4.69, 9.17) is 24.4 Å². The molecule has 10 heteroatoms. The molecule has 4 aromatic heterocycles. The Labute approximate surface area is 179 Å². The lowest BCUT2D eigenvalue weighted by Gasteiger charge is -2.28. The van der Waals surface area contributed by atoms with E-state index >= 15 is 0 Å². The van der Waals surface area contributed by atoms with Gasteiger partial charge in [-0.2, -0.15) is 5.10 Å². The van der Waals surface area contributed by atoms with Crippen LogP contribution in [-0.4, -0.2) is 67.7 Å². The van der Waals surface area contributed by atoms with E-state index in [-0.39, 0.29) is 0 Å². The Morgan fingerprint density at radius 1 is 1.13 bits per heavy atom. The molecule has 0 unspecified atom stereocenters. The largest absolute Gasteiger partial charge is 0.481 e. The molecule has 0 atom stereocenters. The molecular weight excluding hydrogens is 396 g/mol. The van der Waals surface area contributed by atoms with Gasteiger partial charge >= 0.3 is 0 Å². The van der Waals surface area contributed by atoms with Crippen molar-refractivity contribution >= 4 is 17.0 Å². The minimum atomic E-state index is 0.537. The first kappa shape index (κ1) is 19.4. The fourth-order valence-corrected chi connectivity index (χ4v) is 3.73. The van der Waals surface area contributed by atoms with Crippen molar-refractivity contribution in [3.63, 3.8) is 0 Å². The van der Waals surface area contributed by atoms with E-state index in [2.05, 4.69) is 21.9 Å². The third kappa shape index (κ3) is 3.48. The Bertz CT molecular complexity index is 1230. The number of anilines is 1. The number of hydrogen-bond donors (Lipinski definition) is 0. The molecule has 5 heterocycles. The number of ether oxygens (including phenoxy) is 2. The maximum atomic E-state index is 5.54. The fraction of sp³-hybridized carbons (Fsp3) is 0.381. The topological polar surface area (TPSA) is 96.0 Å². The molecule has 1 aliphatic rings. The Kier molecular flexibility index (Phi) is 4.99. The summed E-state index contributed by atoms with van der Waals surface area (Å²) in [7, 11) is 3.56. The summed E-state index contributed by atoms with van der Waals surface area (Å²) in [6.45, 7) is 5.67. The molecule has 10 nitrogen and oxygen atoms in total. The molecule has 0 aromatic carbocycles. The van der Waals surface area contributed by atoms with Crippen LogP contribution in [0.15, 0.2) is 30.6 Å². The minimum absolute atomic E-state index is 0.537. The second-order valence-electron chi connectivity index (χ2n) is 7.28. The molecule has 0 aliphatic carbocycles. The van der Waals surface area contributed by atoms with Crippen LogP contribution in [0.3, 0.4) is 0 Å². The number of methoxy groups -OCH3 is 1. The summed E-state index contributed by atoms with van der Waals surface area (Å²) in [6, 6.07) is 5.72. The summed E-state index contributed by atoms with van der Waals surface area (Å²) < 4.78 is 14.7. The van der Waals surface area contributed by atoms with Crippen LogP contribution in [0.1, 0.15) is 6.92 Å². The number of pyridine rings is 1. The van der Waals surface area contributed by atoms with Crippen molar-refractivity contribution in [1.82, 2.24) is 34.3 Å². The number of rotatable bonds is 5. The number of morpholine rings is 1. The number of fused-ring (bicyclic) bond motifs is 1. The number of aromatic nitrogens is 7. The third-order valence-electron chi connectivity index (χ3n) is 5.41. The minimum Gasteiger partial charge on any atom is -0.481 e. The van der Waals surface area contributed by atoms with Gasteiger partial charge in [0.15, 0.2) is 22.8 Å². The van der Waals surface area contributed by atoms with E-state index in [9.17, 15) is 0 Å². The molecule has 0 N–H and O–H groups in total. The van der Waals surface area contributed by atoms with Crippen LogP contribution in [-0.2, 0) is 18.3 Å². The lowest BCUT2D eigenvalue weighted by atomic mass is 10.2. The van der Waals surface area contributed by atoms with Gasteiger partial charge in [-0.25, -0.2) is 19.9 Å². The van der Waals surface area contributed by atoms with Crippen LogP contribution in [0.5, 0.6) is 5.88 Å². The standard InChI is InChI=1S/C21H24N8O2/c1-4-29-8-6-15(26-29)18-24-20-17(21(25-18)28-9-11-31-12-10-28)23-19(27(20)2)14-5-7-22-16(13-14)30-3/h5-8,13H,4,9-12H2,1-3H3. The van der Waals surface area contributed by atoms with Gasteiger partial charge in [-0.1, -0.05) is 0 Å². The zero-order valence-electron chi connectivity index (χ0n) is 17.8. The van der Waals surface area contributed by atoms with Gasteiger partial charge in [0.05, 0.1) is 20.3 Å². The maximum Gasteiger partial charge on any atom is 0.213 e. The molecule has 1 fully saturated rings. The maximum absolute atomic E-state index is 5.54. The van der Waals surface area contributed by atoms with Crippen LogP contribution < -0.4 is 9.64 Å². The van der Waals surface area contributed by atoms with Gasteiger partial charge in [-0.3, -0.25) is 4.68 Å². The number of hydrogen-bond acceptors (Lipinski definition) is 8. The van der Waals surface area contributed by atoms with Gasteiger partial charge in [-0.05, 0) is 19.1 Å². The average molecular weight is 420 g/mol. The molecule has 4 aromatic rings. The lowest BCUT2D eigenvalue weighted by Crippen LogP contribution is -2.37. The Balaban J connectivity index is 1.71. The van der Waals surface area contributed by atoms with Gasteiger partial charge in [-0.15, -0.1) is 0 Å². The van der Waals surface area contributed by atoms with Crippen LogP contribution in [0.4, 0.5) is 5.82 Å². The highest BCUT2D eigenvalue weighted by Gasteiger charge is 2.23. The van der Waals surface area contributed by atoms with Crippen molar-refractivity contribution in [3.05, 3.63) is 30.6 Å². The van der Waals surface area contributed by atoms with Crippen LogP contribution in [0.25, 0.3) is 34.1 Å². The van der Waals surface area contributed by atoms with E-state index < -0.39 is 0 Å². The Morgan fingerprint density at radius 3 is 2.71 bits per heavy atom. The predicted octanol–water partition coefficient (Wildman–Crippen LogP) is 2.15. The second kappa shape index (κ2) is 7.95. The zero-order valence-corrected chi connectivity index (χ0v) is 17.8. The van der Waals surface area contributed by atoms with E-state index in [0.29, 0.717) is 24.9 Å². The Hall–Kier alpha value is -3.53. The summed E-state index contributed by atoms with van der Waals surface area (Å²) in [5, 5.41) is 4.60. The van der Waals surface area contributed by atoms with Crippen LogP contribution in [0, 0.1) is 0 Å². The highest BCUT2D eigenvalue weighted by molar-refractivity contribution is 5.88. The highest BCUT2D eigenvalue weighted by Crippen LogP contribution is 2.31. The van der Waals surface area contributed by atoms with Crippen molar-refractivity contribution in [2.45, 2.75) is 13.5 Å². The molecule has 0 bridgehead atoms. The van der Waals surface area contributed by atoms with Crippen molar-refractivity contribution < 1.29 is 9.47 Å². The molecule has 5 rings (SSSR count). The molecular formula is C21H24N8O2. The molecule has 0 radical (unpaired) electrons. The summed E-state index contributed by atoms with van der Waals surface area (Å²) in [6.07, 6.45) is 3.65. The normalized spacial score (nSPS) is 14.4. The fourth-order valence-electron chi connectivity index (χ4n) is 3.73. The highest BCUT2D eigenvalue weighted by atomic mass is 16.5. The van der Waals surface area contributed by atoms with E-state index in [1.165, 1.54) is 0 Å². The molecule has 1 aliphatic heterocycles. The summed E-state index contributed by atoms with van der Waals surface area (Å²) in [5.74, 6) is 2.70. The molecule has 31 heavy (non-hydrogen) atoms. The van der Waals surface area contributed by atoms with Crippen molar-refractivity contribution in [1.29, 1.82) is 0 Å². The van der Waals surface area contributed by atoms with Crippen molar-refractivity contribution in [2.24, 2.45) is 7.05 Å². The zero-order chi connectivity index (χ0) is 21.4.